The number of hydrogen-bond acceptors (Lipinski definition) is 2. The number of aliphatic hydroxyl groups excluding tert-OH is 1. The zero-order chi connectivity index (χ0) is 8.55. The van der Waals surface area contributed by atoms with Gasteiger partial charge in [-0.05, 0) is 31.2 Å². The van der Waals surface area contributed by atoms with Crippen molar-refractivity contribution in [2.75, 3.05) is 0 Å². The summed E-state index contributed by atoms with van der Waals surface area (Å²) in [6.45, 7) is 2.66. The van der Waals surface area contributed by atoms with Crippen molar-refractivity contribution in [3.8, 4) is 0 Å². The minimum Gasteiger partial charge on any atom is -0.391 e. The van der Waals surface area contributed by atoms with Crippen LogP contribution in [0.25, 0.3) is 0 Å². The van der Waals surface area contributed by atoms with Gasteiger partial charge in [0, 0.05) is 6.20 Å². The van der Waals surface area contributed by atoms with Gasteiger partial charge in [0.15, 0.2) is 0 Å². The molecular weight excluding hydrogens is 152 g/mol. The Morgan fingerprint density at radius 2 is 2.50 bits per heavy atom. The molecule has 1 fully saturated rings. The summed E-state index contributed by atoms with van der Waals surface area (Å²) in [7, 11) is 0. The highest BCUT2D eigenvalue weighted by molar-refractivity contribution is 4.99. The largest absolute Gasteiger partial charge is 0.391 e. The third kappa shape index (κ3) is 1.67. The van der Waals surface area contributed by atoms with Crippen LogP contribution in [0.3, 0.4) is 0 Å². The average Bonchev–Trinajstić information content (AvgIpc) is 2.78. The van der Waals surface area contributed by atoms with Crippen molar-refractivity contribution in [2.24, 2.45) is 5.92 Å². The summed E-state index contributed by atoms with van der Waals surface area (Å²) in [5.74, 6) is 0.537. The van der Waals surface area contributed by atoms with Gasteiger partial charge in [0.05, 0.1) is 18.8 Å². The fourth-order valence-corrected chi connectivity index (χ4v) is 1.39. The van der Waals surface area contributed by atoms with Crippen LogP contribution in [-0.4, -0.2) is 21.0 Å². The minimum atomic E-state index is -0.190. The highest BCUT2D eigenvalue weighted by Gasteiger charge is 2.29. The summed E-state index contributed by atoms with van der Waals surface area (Å²) in [5.41, 5.74) is 1.15. The lowest BCUT2D eigenvalue weighted by molar-refractivity contribution is 0.127. The fraction of sp³-hybridized carbons (Fsp3) is 0.667. The van der Waals surface area contributed by atoms with Crippen molar-refractivity contribution >= 4 is 0 Å². The van der Waals surface area contributed by atoms with Crippen LogP contribution in [0.1, 0.15) is 18.4 Å². The van der Waals surface area contributed by atoms with Crippen molar-refractivity contribution in [3.05, 3.63) is 18.0 Å². The molecule has 1 unspecified atom stereocenters. The predicted molar refractivity (Wildman–Crippen MR) is 45.7 cm³/mol. The van der Waals surface area contributed by atoms with Crippen LogP contribution in [0.2, 0.25) is 0 Å². The molecule has 0 amide bonds. The first-order valence-electron chi connectivity index (χ1n) is 4.43. The van der Waals surface area contributed by atoms with Crippen molar-refractivity contribution < 1.29 is 5.11 Å². The highest BCUT2D eigenvalue weighted by atomic mass is 16.3. The summed E-state index contributed by atoms with van der Waals surface area (Å²) < 4.78 is 1.82. The van der Waals surface area contributed by atoms with E-state index in [1.165, 1.54) is 12.8 Å². The predicted octanol–water partition coefficient (Wildman–Crippen LogP) is 0.962. The van der Waals surface area contributed by atoms with Crippen LogP contribution in [-0.2, 0) is 6.54 Å². The Bertz CT molecular complexity index is 265. The molecule has 66 valence electrons. The number of aliphatic hydroxyl groups is 1. The molecular formula is C9H14N2O. The highest BCUT2D eigenvalue weighted by Crippen LogP contribution is 2.33. The Morgan fingerprint density at radius 3 is 3.00 bits per heavy atom. The maximum Gasteiger partial charge on any atom is 0.0764 e. The normalized spacial score (nSPS) is 19.5. The van der Waals surface area contributed by atoms with Gasteiger partial charge in [0.2, 0.25) is 0 Å². The maximum absolute atomic E-state index is 9.59. The lowest BCUT2D eigenvalue weighted by Crippen LogP contribution is -2.18. The van der Waals surface area contributed by atoms with E-state index in [1.54, 1.807) is 0 Å². The van der Waals surface area contributed by atoms with E-state index < -0.39 is 0 Å². The van der Waals surface area contributed by atoms with E-state index in [0.29, 0.717) is 12.5 Å². The molecule has 0 spiro atoms. The second kappa shape index (κ2) is 2.90. The molecule has 3 heteroatoms. The number of aryl methyl sites for hydroxylation is 1. The van der Waals surface area contributed by atoms with Crippen molar-refractivity contribution in [2.45, 2.75) is 32.4 Å². The first-order valence-corrected chi connectivity index (χ1v) is 4.43. The van der Waals surface area contributed by atoms with Gasteiger partial charge in [0.25, 0.3) is 0 Å². The molecule has 0 saturated heterocycles. The maximum atomic E-state index is 9.59. The molecule has 2 rings (SSSR count). The summed E-state index contributed by atoms with van der Waals surface area (Å²) in [5, 5.41) is 13.7. The Hall–Kier alpha value is -0.830. The summed E-state index contributed by atoms with van der Waals surface area (Å²) in [6, 6.07) is 0. The van der Waals surface area contributed by atoms with E-state index in [1.807, 2.05) is 24.0 Å². The summed E-state index contributed by atoms with van der Waals surface area (Å²) in [4.78, 5) is 0. The zero-order valence-electron chi connectivity index (χ0n) is 7.27. The standard InChI is InChI=1S/C9H14N2O/c1-7-4-10-11(5-7)6-9(12)8-2-3-8/h4-5,8-9,12H,2-3,6H2,1H3. The third-order valence-corrected chi connectivity index (χ3v) is 2.30. The molecule has 1 aliphatic rings. The Morgan fingerprint density at radius 1 is 1.75 bits per heavy atom. The van der Waals surface area contributed by atoms with E-state index in [9.17, 15) is 5.11 Å². The molecule has 1 N–H and O–H groups in total. The van der Waals surface area contributed by atoms with Crippen molar-refractivity contribution in [3.63, 3.8) is 0 Å². The van der Waals surface area contributed by atoms with E-state index >= 15 is 0 Å². The van der Waals surface area contributed by atoms with Gasteiger partial charge in [-0.1, -0.05) is 0 Å². The molecule has 0 bridgehead atoms. The lowest BCUT2D eigenvalue weighted by atomic mass is 10.2. The van der Waals surface area contributed by atoms with Crippen LogP contribution >= 0.6 is 0 Å². The van der Waals surface area contributed by atoms with Gasteiger partial charge < -0.3 is 5.11 Å². The van der Waals surface area contributed by atoms with Crippen molar-refractivity contribution in [1.82, 2.24) is 9.78 Å². The van der Waals surface area contributed by atoms with Gasteiger partial charge in [-0.2, -0.15) is 5.10 Å². The molecule has 0 radical (unpaired) electrons. The zero-order valence-corrected chi connectivity index (χ0v) is 7.27. The van der Waals surface area contributed by atoms with Gasteiger partial charge in [-0.3, -0.25) is 4.68 Å². The first-order chi connectivity index (χ1) is 5.75. The molecule has 1 saturated carbocycles. The van der Waals surface area contributed by atoms with Gasteiger partial charge in [-0.15, -0.1) is 0 Å². The smallest absolute Gasteiger partial charge is 0.0764 e. The number of hydrogen-bond donors (Lipinski definition) is 1. The Balaban J connectivity index is 1.93. The molecule has 0 aliphatic heterocycles. The van der Waals surface area contributed by atoms with Crippen LogP contribution in [0.5, 0.6) is 0 Å². The average molecular weight is 166 g/mol. The quantitative estimate of drug-likeness (QED) is 0.726. The van der Waals surface area contributed by atoms with Crippen LogP contribution in [0.4, 0.5) is 0 Å². The monoisotopic (exact) mass is 166 g/mol. The lowest BCUT2D eigenvalue weighted by Gasteiger charge is -2.07. The van der Waals surface area contributed by atoms with Crippen LogP contribution in [0.15, 0.2) is 12.4 Å². The van der Waals surface area contributed by atoms with Gasteiger partial charge in [-0.25, -0.2) is 0 Å². The minimum absolute atomic E-state index is 0.190. The second-order valence-corrected chi connectivity index (χ2v) is 3.64. The molecule has 1 aliphatic carbocycles. The fourth-order valence-electron chi connectivity index (χ4n) is 1.39. The SMILES string of the molecule is Cc1cnn(CC(O)C2CC2)c1. The first kappa shape index (κ1) is 7.80. The van der Waals surface area contributed by atoms with E-state index in [4.69, 9.17) is 0 Å². The Kier molecular flexibility index (Phi) is 1.89. The van der Waals surface area contributed by atoms with Crippen LogP contribution < -0.4 is 0 Å². The molecule has 1 atom stereocenters. The molecule has 1 aromatic rings. The number of nitrogens with zero attached hydrogens (tertiary/aromatic N) is 2. The van der Waals surface area contributed by atoms with E-state index in [-0.39, 0.29) is 6.10 Å². The number of rotatable bonds is 3. The summed E-state index contributed by atoms with van der Waals surface area (Å²) >= 11 is 0. The second-order valence-electron chi connectivity index (χ2n) is 3.64. The Labute approximate surface area is 72.0 Å². The van der Waals surface area contributed by atoms with Crippen LogP contribution in [0, 0.1) is 12.8 Å². The van der Waals surface area contributed by atoms with Gasteiger partial charge in [0.1, 0.15) is 0 Å². The molecule has 12 heavy (non-hydrogen) atoms. The summed E-state index contributed by atoms with van der Waals surface area (Å²) in [6.07, 6.45) is 5.96. The van der Waals surface area contributed by atoms with E-state index in [2.05, 4.69) is 5.10 Å². The molecule has 1 aromatic heterocycles. The number of aromatic nitrogens is 2. The van der Waals surface area contributed by atoms with Crippen molar-refractivity contribution in [1.29, 1.82) is 0 Å². The third-order valence-electron chi connectivity index (χ3n) is 2.30. The molecule has 1 heterocycles. The molecule has 0 aromatic carbocycles. The van der Waals surface area contributed by atoms with Gasteiger partial charge >= 0.3 is 0 Å². The molecule has 3 nitrogen and oxygen atoms in total. The topological polar surface area (TPSA) is 38.0 Å². The van der Waals surface area contributed by atoms with E-state index in [0.717, 1.165) is 5.56 Å².